The minimum absolute atomic E-state index is 0.188. The second-order valence-electron chi connectivity index (χ2n) is 6.44. The van der Waals surface area contributed by atoms with Crippen LogP contribution in [0.1, 0.15) is 31.4 Å². The zero-order valence-electron chi connectivity index (χ0n) is 14.2. The Balaban J connectivity index is 1.57. The highest BCUT2D eigenvalue weighted by Gasteiger charge is 2.13. The molecule has 0 radical (unpaired) electrons. The first-order valence-corrected chi connectivity index (χ1v) is 8.35. The van der Waals surface area contributed by atoms with Crippen molar-refractivity contribution in [2.24, 2.45) is 0 Å². The van der Waals surface area contributed by atoms with E-state index in [1.165, 1.54) is 17.7 Å². The third-order valence-corrected chi connectivity index (χ3v) is 4.04. The van der Waals surface area contributed by atoms with Crippen LogP contribution in [0.3, 0.4) is 0 Å². The zero-order chi connectivity index (χ0) is 16.9. The van der Waals surface area contributed by atoms with E-state index in [0.717, 1.165) is 37.2 Å². The Hall–Kier alpha value is -2.27. The van der Waals surface area contributed by atoms with Crippen LogP contribution in [-0.2, 0) is 6.54 Å². The molecule has 0 amide bonds. The van der Waals surface area contributed by atoms with Crippen LogP contribution in [0.5, 0.6) is 0 Å². The summed E-state index contributed by atoms with van der Waals surface area (Å²) in [6, 6.07) is 7.07. The lowest BCUT2D eigenvalue weighted by molar-refractivity contribution is 0.293. The summed E-state index contributed by atoms with van der Waals surface area (Å²) in [5.41, 5.74) is 3.52. The Labute approximate surface area is 142 Å². The first-order chi connectivity index (χ1) is 11.6. The van der Waals surface area contributed by atoms with E-state index in [4.69, 9.17) is 0 Å². The zero-order valence-corrected chi connectivity index (χ0v) is 14.2. The Morgan fingerprint density at radius 3 is 2.46 bits per heavy atom. The first kappa shape index (κ1) is 16.6. The first-order valence-electron chi connectivity index (χ1n) is 8.35. The van der Waals surface area contributed by atoms with Crippen LogP contribution in [0.2, 0.25) is 0 Å². The molecule has 0 saturated heterocycles. The van der Waals surface area contributed by atoms with Crippen molar-refractivity contribution in [2.75, 3.05) is 18.4 Å². The molecule has 126 valence electrons. The molecule has 0 spiro atoms. The van der Waals surface area contributed by atoms with Gasteiger partial charge in [-0.05, 0) is 43.5 Å². The fourth-order valence-electron chi connectivity index (χ4n) is 2.81. The average Bonchev–Trinajstić information content (AvgIpc) is 2.58. The van der Waals surface area contributed by atoms with Crippen LogP contribution in [0.15, 0.2) is 42.7 Å². The molecule has 4 nitrogen and oxygen atoms in total. The quantitative estimate of drug-likeness (QED) is 0.909. The number of nitrogens with zero attached hydrogens (tertiary/aromatic N) is 3. The molecule has 0 atom stereocenters. The molecule has 0 fully saturated rings. The number of hydrogen-bond acceptors (Lipinski definition) is 4. The van der Waals surface area contributed by atoms with E-state index in [1.807, 2.05) is 24.5 Å². The SMILES string of the molecule is CC(C)Nc1ncc(CN2CC=C(c3ccc(F)cc3)CC2)cn1. The van der Waals surface area contributed by atoms with Crippen molar-refractivity contribution in [1.82, 2.24) is 14.9 Å². The molecule has 0 unspecified atom stereocenters. The highest BCUT2D eigenvalue weighted by molar-refractivity contribution is 5.66. The molecule has 1 aliphatic rings. The van der Waals surface area contributed by atoms with E-state index in [1.54, 1.807) is 0 Å². The number of rotatable bonds is 5. The van der Waals surface area contributed by atoms with Gasteiger partial charge in [-0.15, -0.1) is 0 Å². The van der Waals surface area contributed by atoms with Gasteiger partial charge in [0, 0.05) is 43.6 Å². The van der Waals surface area contributed by atoms with Gasteiger partial charge in [0.1, 0.15) is 5.82 Å². The average molecular weight is 326 g/mol. The molecule has 5 heteroatoms. The van der Waals surface area contributed by atoms with Crippen LogP contribution < -0.4 is 5.32 Å². The summed E-state index contributed by atoms with van der Waals surface area (Å²) < 4.78 is 13.0. The molecule has 3 rings (SSSR count). The van der Waals surface area contributed by atoms with Crippen molar-refractivity contribution in [3.05, 3.63) is 59.7 Å². The monoisotopic (exact) mass is 326 g/mol. The number of aromatic nitrogens is 2. The maximum Gasteiger partial charge on any atom is 0.222 e. The summed E-state index contributed by atoms with van der Waals surface area (Å²) >= 11 is 0. The van der Waals surface area contributed by atoms with Gasteiger partial charge in [-0.3, -0.25) is 4.90 Å². The smallest absolute Gasteiger partial charge is 0.222 e. The molecule has 1 N–H and O–H groups in total. The Morgan fingerprint density at radius 2 is 1.88 bits per heavy atom. The van der Waals surface area contributed by atoms with Crippen LogP contribution in [-0.4, -0.2) is 34.0 Å². The minimum atomic E-state index is -0.188. The summed E-state index contributed by atoms with van der Waals surface area (Å²) in [5.74, 6) is 0.484. The Bertz CT molecular complexity index is 692. The van der Waals surface area contributed by atoms with Crippen LogP contribution in [0.4, 0.5) is 10.3 Å². The number of nitrogens with one attached hydrogen (secondary N) is 1. The van der Waals surface area contributed by atoms with Gasteiger partial charge in [0.05, 0.1) is 0 Å². The van der Waals surface area contributed by atoms with E-state index in [9.17, 15) is 4.39 Å². The van der Waals surface area contributed by atoms with Crippen LogP contribution >= 0.6 is 0 Å². The molecule has 1 aromatic carbocycles. The summed E-state index contributed by atoms with van der Waals surface area (Å²) in [4.78, 5) is 11.1. The van der Waals surface area contributed by atoms with E-state index in [2.05, 4.69) is 40.1 Å². The Morgan fingerprint density at radius 1 is 1.17 bits per heavy atom. The van der Waals surface area contributed by atoms with Gasteiger partial charge in [-0.1, -0.05) is 18.2 Å². The van der Waals surface area contributed by atoms with Gasteiger partial charge in [0.25, 0.3) is 0 Å². The van der Waals surface area contributed by atoms with Crippen LogP contribution in [0, 0.1) is 5.82 Å². The molecular formula is C19H23FN4. The third-order valence-electron chi connectivity index (χ3n) is 4.04. The van der Waals surface area contributed by atoms with Gasteiger partial charge < -0.3 is 5.32 Å². The van der Waals surface area contributed by atoms with Gasteiger partial charge in [-0.25, -0.2) is 14.4 Å². The van der Waals surface area contributed by atoms with Crippen molar-refractivity contribution in [3.8, 4) is 0 Å². The standard InChI is InChI=1S/C19H23FN4/c1-14(2)23-19-21-11-15(12-22-19)13-24-9-7-17(8-10-24)16-3-5-18(20)6-4-16/h3-7,11-12,14H,8-10,13H2,1-2H3,(H,21,22,23). The van der Waals surface area contributed by atoms with E-state index < -0.39 is 0 Å². The predicted molar refractivity (Wildman–Crippen MR) is 95.1 cm³/mol. The lowest BCUT2D eigenvalue weighted by atomic mass is 9.99. The summed E-state index contributed by atoms with van der Waals surface area (Å²) in [6.07, 6.45) is 6.97. The second kappa shape index (κ2) is 7.53. The fourth-order valence-corrected chi connectivity index (χ4v) is 2.81. The van der Waals surface area contributed by atoms with Crippen molar-refractivity contribution >= 4 is 11.5 Å². The van der Waals surface area contributed by atoms with Gasteiger partial charge in [0.15, 0.2) is 0 Å². The lowest BCUT2D eigenvalue weighted by Gasteiger charge is -2.26. The number of benzene rings is 1. The minimum Gasteiger partial charge on any atom is -0.352 e. The highest BCUT2D eigenvalue weighted by atomic mass is 19.1. The second-order valence-corrected chi connectivity index (χ2v) is 6.44. The number of hydrogen-bond donors (Lipinski definition) is 1. The molecule has 1 aromatic heterocycles. The largest absolute Gasteiger partial charge is 0.352 e. The van der Waals surface area contributed by atoms with Gasteiger partial charge >= 0.3 is 0 Å². The molecule has 0 aliphatic carbocycles. The molecule has 24 heavy (non-hydrogen) atoms. The summed E-state index contributed by atoms with van der Waals surface area (Å²) in [6.45, 7) is 6.84. The highest BCUT2D eigenvalue weighted by Crippen LogP contribution is 2.23. The number of halogens is 1. The summed E-state index contributed by atoms with van der Waals surface area (Å²) in [5, 5.41) is 3.19. The topological polar surface area (TPSA) is 41.1 Å². The third kappa shape index (κ3) is 4.38. The Kier molecular flexibility index (Phi) is 5.20. The molecule has 2 aromatic rings. The van der Waals surface area contributed by atoms with Gasteiger partial charge in [0.2, 0.25) is 5.95 Å². The van der Waals surface area contributed by atoms with Crippen molar-refractivity contribution in [1.29, 1.82) is 0 Å². The van der Waals surface area contributed by atoms with Crippen molar-refractivity contribution in [3.63, 3.8) is 0 Å². The summed E-state index contributed by atoms with van der Waals surface area (Å²) in [7, 11) is 0. The molecule has 0 saturated carbocycles. The molecule has 0 bridgehead atoms. The van der Waals surface area contributed by atoms with E-state index in [-0.39, 0.29) is 5.82 Å². The van der Waals surface area contributed by atoms with E-state index in [0.29, 0.717) is 12.0 Å². The van der Waals surface area contributed by atoms with Gasteiger partial charge in [-0.2, -0.15) is 0 Å². The predicted octanol–water partition coefficient (Wildman–Crippen LogP) is 3.73. The van der Waals surface area contributed by atoms with Crippen LogP contribution in [0.25, 0.3) is 5.57 Å². The molecular weight excluding hydrogens is 303 g/mol. The normalized spacial score (nSPS) is 15.4. The molecule has 2 heterocycles. The van der Waals surface area contributed by atoms with Crippen molar-refractivity contribution < 1.29 is 4.39 Å². The molecule has 1 aliphatic heterocycles. The maximum atomic E-state index is 13.0. The number of anilines is 1. The van der Waals surface area contributed by atoms with Crippen molar-refractivity contribution in [2.45, 2.75) is 32.9 Å². The lowest BCUT2D eigenvalue weighted by Crippen LogP contribution is -2.28. The van der Waals surface area contributed by atoms with E-state index >= 15 is 0 Å². The maximum absolute atomic E-state index is 13.0. The fraction of sp³-hybridized carbons (Fsp3) is 0.368.